The summed E-state index contributed by atoms with van der Waals surface area (Å²) >= 11 is 0. The third-order valence-electron chi connectivity index (χ3n) is 4.23. The maximum Gasteiger partial charge on any atom is 0.304 e. The van der Waals surface area contributed by atoms with Crippen LogP contribution in [0.25, 0.3) is 11.1 Å². The van der Waals surface area contributed by atoms with Crippen LogP contribution in [0.5, 0.6) is 11.5 Å². The summed E-state index contributed by atoms with van der Waals surface area (Å²) in [5.41, 5.74) is 2.53. The molecule has 0 radical (unpaired) electrons. The van der Waals surface area contributed by atoms with Crippen molar-refractivity contribution < 1.29 is 23.8 Å². The Balaban J connectivity index is 2.04. The number of rotatable bonds is 7. The van der Waals surface area contributed by atoms with E-state index in [0.717, 1.165) is 16.7 Å². The van der Waals surface area contributed by atoms with Gasteiger partial charge >= 0.3 is 5.97 Å². The number of carboxylic acids is 1. The van der Waals surface area contributed by atoms with E-state index in [1.165, 1.54) is 0 Å². The number of methoxy groups -OCH3 is 2. The molecule has 1 N–H and O–H groups in total. The Labute approximate surface area is 156 Å². The van der Waals surface area contributed by atoms with E-state index in [9.17, 15) is 9.90 Å². The molecule has 0 saturated heterocycles. The second-order valence-corrected chi connectivity index (χ2v) is 6.00. The Hall–Kier alpha value is -3.35. The van der Waals surface area contributed by atoms with Crippen molar-refractivity contribution in [2.24, 2.45) is 0 Å². The first-order valence-corrected chi connectivity index (χ1v) is 8.36. The Morgan fingerprint density at radius 2 is 1.96 bits per heavy atom. The molecule has 1 aromatic heterocycles. The molecule has 0 bridgehead atoms. The molecule has 0 aliphatic heterocycles. The molecule has 0 aliphatic carbocycles. The molecular weight excluding hydrogens is 348 g/mol. The molecule has 1 atom stereocenters. The fraction of sp³-hybridized carbons (Fsp3) is 0.250. The smallest absolute Gasteiger partial charge is 0.304 e. The van der Waals surface area contributed by atoms with E-state index >= 15 is 0 Å². The standard InChI is InChI=1S/C20H20N2O5/c1-12-21-22-20(27-12)17(11-19(23)24)14-6-4-5-13(9-14)16-8-7-15(25-2)10-18(16)26-3/h4-10,17H,11H2,1-3H3,(H,23,24). The first-order valence-electron chi connectivity index (χ1n) is 8.36. The van der Waals surface area contributed by atoms with Gasteiger partial charge in [0.25, 0.3) is 0 Å². The maximum atomic E-state index is 11.4. The van der Waals surface area contributed by atoms with Crippen molar-refractivity contribution in [2.75, 3.05) is 14.2 Å². The third kappa shape index (κ3) is 4.08. The first-order chi connectivity index (χ1) is 13.0. The van der Waals surface area contributed by atoms with Gasteiger partial charge in [0.1, 0.15) is 11.5 Å². The van der Waals surface area contributed by atoms with E-state index in [-0.39, 0.29) is 12.3 Å². The predicted molar refractivity (Wildman–Crippen MR) is 98.1 cm³/mol. The molecule has 0 saturated carbocycles. The number of hydrogen-bond acceptors (Lipinski definition) is 6. The molecule has 0 fully saturated rings. The highest BCUT2D eigenvalue weighted by atomic mass is 16.5. The van der Waals surface area contributed by atoms with Crippen molar-refractivity contribution in [3.63, 3.8) is 0 Å². The Morgan fingerprint density at radius 1 is 1.15 bits per heavy atom. The molecule has 1 heterocycles. The second-order valence-electron chi connectivity index (χ2n) is 6.00. The van der Waals surface area contributed by atoms with Crippen LogP contribution in [0.1, 0.15) is 29.7 Å². The molecule has 0 spiro atoms. The van der Waals surface area contributed by atoms with Gasteiger partial charge < -0.3 is 19.0 Å². The highest BCUT2D eigenvalue weighted by Gasteiger charge is 2.24. The normalized spacial score (nSPS) is 11.8. The largest absolute Gasteiger partial charge is 0.497 e. The number of aliphatic carboxylic acids is 1. The molecule has 27 heavy (non-hydrogen) atoms. The quantitative estimate of drug-likeness (QED) is 0.680. The molecule has 1 unspecified atom stereocenters. The number of benzene rings is 2. The fourth-order valence-electron chi connectivity index (χ4n) is 2.93. The molecule has 2 aromatic carbocycles. The van der Waals surface area contributed by atoms with Gasteiger partial charge in [0.05, 0.1) is 26.6 Å². The molecule has 140 valence electrons. The van der Waals surface area contributed by atoms with Crippen LogP contribution in [0.3, 0.4) is 0 Å². The number of hydrogen-bond donors (Lipinski definition) is 1. The lowest BCUT2D eigenvalue weighted by Gasteiger charge is -2.15. The van der Waals surface area contributed by atoms with E-state index in [1.807, 2.05) is 36.4 Å². The van der Waals surface area contributed by atoms with Crippen molar-refractivity contribution in [2.45, 2.75) is 19.3 Å². The number of aryl methyl sites for hydroxylation is 1. The van der Waals surface area contributed by atoms with Crippen LogP contribution in [0, 0.1) is 6.92 Å². The monoisotopic (exact) mass is 368 g/mol. The molecule has 3 rings (SSSR count). The molecule has 7 heteroatoms. The average molecular weight is 368 g/mol. The summed E-state index contributed by atoms with van der Waals surface area (Å²) in [5.74, 6) is 0.560. The predicted octanol–water partition coefficient (Wildman–Crippen LogP) is 3.67. The summed E-state index contributed by atoms with van der Waals surface area (Å²) in [4.78, 5) is 11.4. The lowest BCUT2D eigenvalue weighted by atomic mass is 9.92. The molecular formula is C20H20N2O5. The summed E-state index contributed by atoms with van der Waals surface area (Å²) in [5, 5.41) is 17.2. The van der Waals surface area contributed by atoms with Crippen molar-refractivity contribution in [3.8, 4) is 22.6 Å². The summed E-state index contributed by atoms with van der Waals surface area (Å²) in [6, 6.07) is 13.1. The zero-order chi connectivity index (χ0) is 19.4. The van der Waals surface area contributed by atoms with E-state index in [2.05, 4.69) is 10.2 Å². The molecule has 7 nitrogen and oxygen atoms in total. The van der Waals surface area contributed by atoms with Gasteiger partial charge in [-0.05, 0) is 23.3 Å². The van der Waals surface area contributed by atoms with Crippen molar-refractivity contribution >= 4 is 5.97 Å². The zero-order valence-electron chi connectivity index (χ0n) is 15.3. The van der Waals surface area contributed by atoms with E-state index in [1.54, 1.807) is 27.2 Å². The lowest BCUT2D eigenvalue weighted by Crippen LogP contribution is -2.08. The number of nitrogens with zero attached hydrogens (tertiary/aromatic N) is 2. The summed E-state index contributed by atoms with van der Waals surface area (Å²) < 4.78 is 16.2. The highest BCUT2D eigenvalue weighted by molar-refractivity contribution is 5.73. The van der Waals surface area contributed by atoms with E-state index in [0.29, 0.717) is 17.4 Å². The van der Waals surface area contributed by atoms with E-state index in [4.69, 9.17) is 13.9 Å². The lowest BCUT2D eigenvalue weighted by molar-refractivity contribution is -0.137. The van der Waals surface area contributed by atoms with Crippen molar-refractivity contribution in [1.29, 1.82) is 0 Å². The van der Waals surface area contributed by atoms with Crippen molar-refractivity contribution in [3.05, 3.63) is 59.8 Å². The average Bonchev–Trinajstić information content (AvgIpc) is 3.11. The van der Waals surface area contributed by atoms with Gasteiger partial charge in [-0.3, -0.25) is 4.79 Å². The van der Waals surface area contributed by atoms with Gasteiger partial charge in [0, 0.05) is 18.6 Å². The SMILES string of the molecule is COc1ccc(-c2cccc(C(CC(=O)O)c3nnc(C)o3)c2)c(OC)c1. The first kappa shape index (κ1) is 18.4. The van der Waals surface area contributed by atoms with Gasteiger partial charge in [0.15, 0.2) is 0 Å². The number of ether oxygens (including phenoxy) is 2. The summed E-state index contributed by atoms with van der Waals surface area (Å²) in [7, 11) is 3.19. The van der Waals surface area contributed by atoms with Crippen LogP contribution < -0.4 is 9.47 Å². The molecule has 0 aliphatic rings. The Kier molecular flexibility index (Phi) is 5.40. The minimum atomic E-state index is -0.941. The maximum absolute atomic E-state index is 11.4. The van der Waals surface area contributed by atoms with Crippen molar-refractivity contribution in [1.82, 2.24) is 10.2 Å². The highest BCUT2D eigenvalue weighted by Crippen LogP contribution is 2.36. The molecule has 3 aromatic rings. The zero-order valence-corrected chi connectivity index (χ0v) is 15.3. The topological polar surface area (TPSA) is 94.7 Å². The van der Waals surface area contributed by atoms with Gasteiger partial charge in [-0.15, -0.1) is 10.2 Å². The number of carboxylic acid groups (broad SMARTS) is 1. The number of carbonyl (C=O) groups is 1. The minimum Gasteiger partial charge on any atom is -0.497 e. The molecule has 0 amide bonds. The van der Waals surface area contributed by atoms with Crippen LogP contribution in [0.15, 0.2) is 46.9 Å². The Morgan fingerprint density at radius 3 is 2.59 bits per heavy atom. The van der Waals surface area contributed by atoms with Gasteiger partial charge in [-0.25, -0.2) is 0 Å². The van der Waals surface area contributed by atoms with E-state index < -0.39 is 11.9 Å². The van der Waals surface area contributed by atoms with Crippen LogP contribution in [-0.4, -0.2) is 35.5 Å². The second kappa shape index (κ2) is 7.90. The minimum absolute atomic E-state index is 0.148. The van der Waals surface area contributed by atoms with Gasteiger partial charge in [-0.1, -0.05) is 24.3 Å². The van der Waals surface area contributed by atoms with Crippen LogP contribution >= 0.6 is 0 Å². The van der Waals surface area contributed by atoms with Gasteiger partial charge in [0.2, 0.25) is 11.8 Å². The van der Waals surface area contributed by atoms with Crippen LogP contribution in [0.4, 0.5) is 0 Å². The number of aromatic nitrogens is 2. The Bertz CT molecular complexity index is 951. The summed E-state index contributed by atoms with van der Waals surface area (Å²) in [6.07, 6.45) is -0.148. The van der Waals surface area contributed by atoms with Gasteiger partial charge in [-0.2, -0.15) is 0 Å². The fourth-order valence-corrected chi connectivity index (χ4v) is 2.93. The van der Waals surface area contributed by atoms with Crippen LogP contribution in [-0.2, 0) is 4.79 Å². The van der Waals surface area contributed by atoms with Crippen LogP contribution in [0.2, 0.25) is 0 Å². The summed E-state index contributed by atoms with van der Waals surface area (Å²) in [6.45, 7) is 1.67. The third-order valence-corrected chi connectivity index (χ3v) is 4.23.